The van der Waals surface area contributed by atoms with Crippen molar-refractivity contribution in [2.24, 2.45) is 0 Å². The maximum absolute atomic E-state index is 4.45. The molecule has 0 aliphatic rings. The molecule has 3 nitrogen and oxygen atoms in total. The molecule has 1 heterocycles. The topological polar surface area (TPSA) is 37.8 Å². The Bertz CT molecular complexity index is 305. The zero-order valence-corrected chi connectivity index (χ0v) is 11.0. The molecule has 0 unspecified atom stereocenters. The van der Waals surface area contributed by atoms with Crippen molar-refractivity contribution in [2.75, 3.05) is 23.9 Å². The predicted molar refractivity (Wildman–Crippen MR) is 69.0 cm³/mol. The summed E-state index contributed by atoms with van der Waals surface area (Å²) in [6.07, 6.45) is 3.17. The van der Waals surface area contributed by atoms with Crippen molar-refractivity contribution in [1.29, 1.82) is 0 Å². The van der Waals surface area contributed by atoms with Crippen LogP contribution in [0.25, 0.3) is 0 Å². The van der Waals surface area contributed by atoms with Gasteiger partial charge in [0, 0.05) is 12.6 Å². The summed E-state index contributed by atoms with van der Waals surface area (Å²) in [5, 5.41) is 5.12. The molecule has 1 aromatic rings. The summed E-state index contributed by atoms with van der Waals surface area (Å²) in [6, 6.07) is 2.02. The zero-order valence-electron chi connectivity index (χ0n) is 9.41. The minimum Gasteiger partial charge on any atom is -0.370 e. The Balaban J connectivity index is 2.79. The molecule has 0 amide bonds. The molecule has 0 aliphatic heterocycles. The van der Waals surface area contributed by atoms with Crippen molar-refractivity contribution in [1.82, 2.24) is 9.97 Å². The lowest BCUT2D eigenvalue weighted by atomic mass is 10.5. The summed E-state index contributed by atoms with van der Waals surface area (Å²) in [5.41, 5.74) is 0. The van der Waals surface area contributed by atoms with Crippen LogP contribution in [-0.2, 0) is 0 Å². The van der Waals surface area contributed by atoms with Gasteiger partial charge < -0.3 is 5.32 Å². The van der Waals surface area contributed by atoms with Gasteiger partial charge in [-0.25, -0.2) is 9.97 Å². The van der Waals surface area contributed by atoms with E-state index >= 15 is 0 Å². The summed E-state index contributed by atoms with van der Waals surface area (Å²) < 4.78 is 0. The van der Waals surface area contributed by atoms with Crippen LogP contribution >= 0.6 is 23.5 Å². The first-order valence-electron chi connectivity index (χ1n) is 5.09. The van der Waals surface area contributed by atoms with Crippen LogP contribution in [-0.4, -0.2) is 28.5 Å². The standard InChI is InChI=1S/C10H17N3S2/c1-4-6-15-9-7-8(11-5-2)12-10(13-9)14-3/h7H,4-6H2,1-3H3,(H,11,12,13). The van der Waals surface area contributed by atoms with E-state index in [-0.39, 0.29) is 0 Å². The summed E-state index contributed by atoms with van der Waals surface area (Å²) >= 11 is 3.37. The lowest BCUT2D eigenvalue weighted by molar-refractivity contribution is 0.890. The minimum absolute atomic E-state index is 0.840. The number of hydrogen-bond acceptors (Lipinski definition) is 5. The zero-order chi connectivity index (χ0) is 11.1. The van der Waals surface area contributed by atoms with Gasteiger partial charge in [0.2, 0.25) is 0 Å². The second kappa shape index (κ2) is 6.95. The predicted octanol–water partition coefficient (Wildman–Crippen LogP) is 3.13. The second-order valence-electron chi connectivity index (χ2n) is 2.96. The number of nitrogens with zero attached hydrogens (tertiary/aromatic N) is 2. The highest BCUT2D eigenvalue weighted by atomic mass is 32.2. The van der Waals surface area contributed by atoms with Crippen LogP contribution in [0.5, 0.6) is 0 Å². The molecule has 0 saturated carbocycles. The van der Waals surface area contributed by atoms with Gasteiger partial charge in [-0.05, 0) is 25.4 Å². The molecule has 0 radical (unpaired) electrons. The number of thioether (sulfide) groups is 2. The third-order valence-corrected chi connectivity index (χ3v) is 3.34. The first kappa shape index (κ1) is 12.6. The average molecular weight is 243 g/mol. The molecule has 5 heteroatoms. The Labute approximate surface area is 99.9 Å². The fourth-order valence-corrected chi connectivity index (χ4v) is 2.24. The van der Waals surface area contributed by atoms with Gasteiger partial charge >= 0.3 is 0 Å². The van der Waals surface area contributed by atoms with Crippen LogP contribution < -0.4 is 5.32 Å². The highest BCUT2D eigenvalue weighted by Gasteiger charge is 2.03. The fourth-order valence-electron chi connectivity index (χ4n) is 1.05. The van der Waals surface area contributed by atoms with E-state index in [1.165, 1.54) is 6.42 Å². The van der Waals surface area contributed by atoms with Crippen LogP contribution in [0, 0.1) is 0 Å². The molecule has 1 aromatic heterocycles. The SMILES string of the molecule is CCCSc1cc(NCC)nc(SC)n1. The van der Waals surface area contributed by atoms with E-state index in [1.54, 1.807) is 23.5 Å². The van der Waals surface area contributed by atoms with Gasteiger partial charge in [0.25, 0.3) is 0 Å². The van der Waals surface area contributed by atoms with E-state index in [0.717, 1.165) is 28.3 Å². The van der Waals surface area contributed by atoms with Crippen LogP contribution in [0.2, 0.25) is 0 Å². The number of nitrogens with one attached hydrogen (secondary N) is 1. The van der Waals surface area contributed by atoms with Crippen LogP contribution in [0.15, 0.2) is 16.2 Å². The number of anilines is 1. The van der Waals surface area contributed by atoms with Gasteiger partial charge in [0.15, 0.2) is 5.16 Å². The molecule has 1 rings (SSSR count). The van der Waals surface area contributed by atoms with E-state index in [2.05, 4.69) is 29.1 Å². The normalized spacial score (nSPS) is 10.3. The Morgan fingerprint density at radius 1 is 1.33 bits per heavy atom. The van der Waals surface area contributed by atoms with Crippen molar-refractivity contribution >= 4 is 29.3 Å². The van der Waals surface area contributed by atoms with Crippen molar-refractivity contribution in [3.63, 3.8) is 0 Å². The Hall–Kier alpha value is -0.420. The first-order valence-corrected chi connectivity index (χ1v) is 7.31. The van der Waals surface area contributed by atoms with Crippen molar-refractivity contribution in [2.45, 2.75) is 30.5 Å². The van der Waals surface area contributed by atoms with Crippen molar-refractivity contribution in [3.05, 3.63) is 6.07 Å². The molecule has 0 fully saturated rings. The fraction of sp³-hybridized carbons (Fsp3) is 0.600. The van der Waals surface area contributed by atoms with Gasteiger partial charge in [-0.1, -0.05) is 18.7 Å². The maximum atomic E-state index is 4.45. The molecule has 0 aromatic carbocycles. The van der Waals surface area contributed by atoms with Crippen molar-refractivity contribution in [3.8, 4) is 0 Å². The first-order chi connectivity index (χ1) is 7.30. The summed E-state index contributed by atoms with van der Waals surface area (Å²) in [7, 11) is 0. The van der Waals surface area contributed by atoms with Crippen LogP contribution in [0.4, 0.5) is 5.82 Å². The average Bonchev–Trinajstić information content (AvgIpc) is 2.26. The second-order valence-corrected chi connectivity index (χ2v) is 4.85. The highest BCUT2D eigenvalue weighted by Crippen LogP contribution is 2.22. The van der Waals surface area contributed by atoms with E-state index in [1.807, 2.05) is 12.3 Å². The van der Waals surface area contributed by atoms with Gasteiger partial charge in [-0.3, -0.25) is 0 Å². The van der Waals surface area contributed by atoms with E-state index in [4.69, 9.17) is 0 Å². The van der Waals surface area contributed by atoms with Gasteiger partial charge in [0.1, 0.15) is 10.8 Å². The number of hydrogen-bond donors (Lipinski definition) is 1. The van der Waals surface area contributed by atoms with E-state index in [0.29, 0.717) is 0 Å². The molecular weight excluding hydrogens is 226 g/mol. The third-order valence-electron chi connectivity index (χ3n) is 1.68. The molecule has 15 heavy (non-hydrogen) atoms. The molecule has 0 atom stereocenters. The Morgan fingerprint density at radius 2 is 2.13 bits per heavy atom. The lowest BCUT2D eigenvalue weighted by Gasteiger charge is -2.06. The minimum atomic E-state index is 0.840. The summed E-state index contributed by atoms with van der Waals surface area (Å²) in [4.78, 5) is 8.82. The molecule has 0 aliphatic carbocycles. The lowest BCUT2D eigenvalue weighted by Crippen LogP contribution is -2.01. The highest BCUT2D eigenvalue weighted by molar-refractivity contribution is 7.99. The van der Waals surface area contributed by atoms with Gasteiger partial charge in [-0.15, -0.1) is 11.8 Å². The Kier molecular flexibility index (Phi) is 5.86. The third kappa shape index (κ3) is 4.30. The van der Waals surface area contributed by atoms with Gasteiger partial charge in [0.05, 0.1) is 0 Å². The van der Waals surface area contributed by atoms with Crippen LogP contribution in [0.1, 0.15) is 20.3 Å². The summed E-state index contributed by atoms with van der Waals surface area (Å²) in [5.74, 6) is 2.03. The number of rotatable bonds is 6. The molecular formula is C10H17N3S2. The molecule has 84 valence electrons. The molecule has 0 spiro atoms. The Morgan fingerprint density at radius 3 is 2.73 bits per heavy atom. The van der Waals surface area contributed by atoms with E-state index in [9.17, 15) is 0 Å². The molecule has 1 N–H and O–H groups in total. The maximum Gasteiger partial charge on any atom is 0.190 e. The summed E-state index contributed by atoms with van der Waals surface area (Å²) in [6.45, 7) is 5.14. The smallest absolute Gasteiger partial charge is 0.190 e. The monoisotopic (exact) mass is 243 g/mol. The number of aromatic nitrogens is 2. The molecule has 0 saturated heterocycles. The van der Waals surface area contributed by atoms with Crippen LogP contribution in [0.3, 0.4) is 0 Å². The molecule has 0 bridgehead atoms. The largest absolute Gasteiger partial charge is 0.370 e. The quantitative estimate of drug-likeness (QED) is 0.472. The van der Waals surface area contributed by atoms with Crippen molar-refractivity contribution < 1.29 is 0 Å². The van der Waals surface area contributed by atoms with Gasteiger partial charge in [-0.2, -0.15) is 0 Å². The van der Waals surface area contributed by atoms with E-state index < -0.39 is 0 Å².